The maximum Gasteiger partial charge on any atom is 0.329 e. The third kappa shape index (κ3) is 7.21. The van der Waals surface area contributed by atoms with Crippen molar-refractivity contribution in [3.8, 4) is 11.5 Å². The number of amides is 2. The molecule has 3 aromatic rings. The number of para-hydroxylation sites is 1. The van der Waals surface area contributed by atoms with Gasteiger partial charge in [0.15, 0.2) is 11.5 Å². The van der Waals surface area contributed by atoms with Crippen LogP contribution in [0.15, 0.2) is 59.7 Å². The molecule has 0 bridgehead atoms. The van der Waals surface area contributed by atoms with E-state index in [1.165, 1.54) is 6.21 Å². The summed E-state index contributed by atoms with van der Waals surface area (Å²) in [5.41, 5.74) is 5.99. The summed E-state index contributed by atoms with van der Waals surface area (Å²) in [6.45, 7) is 6.20. The van der Waals surface area contributed by atoms with Crippen LogP contribution in [-0.4, -0.2) is 24.6 Å². The van der Waals surface area contributed by atoms with Gasteiger partial charge in [-0.15, -0.1) is 0 Å². The van der Waals surface area contributed by atoms with Crippen LogP contribution in [0.3, 0.4) is 0 Å². The molecule has 0 fully saturated rings. The average Bonchev–Trinajstić information content (AvgIpc) is 2.82. The molecule has 2 N–H and O–H groups in total. The molecule has 0 saturated heterocycles. The van der Waals surface area contributed by atoms with Crippen LogP contribution in [-0.2, 0) is 16.2 Å². The summed E-state index contributed by atoms with van der Waals surface area (Å²) in [5.74, 6) is -0.909. The van der Waals surface area contributed by atoms with E-state index in [0.717, 1.165) is 16.7 Å². The Morgan fingerprint density at radius 2 is 1.66 bits per heavy atom. The van der Waals surface area contributed by atoms with E-state index >= 15 is 0 Å². The second kappa shape index (κ2) is 12.2. The van der Waals surface area contributed by atoms with Gasteiger partial charge in [-0.05, 0) is 67.3 Å². The summed E-state index contributed by atoms with van der Waals surface area (Å²) in [5, 5.41) is 7.43. The van der Waals surface area contributed by atoms with E-state index in [9.17, 15) is 9.59 Å². The number of hydrogen-bond donors (Lipinski definition) is 2. The number of nitrogens with one attached hydrogen (secondary N) is 2. The molecule has 0 aliphatic heterocycles. The summed E-state index contributed by atoms with van der Waals surface area (Å²) >= 11 is 12.4. The lowest BCUT2D eigenvalue weighted by molar-refractivity contribution is -0.136. The van der Waals surface area contributed by atoms with Crippen molar-refractivity contribution in [2.75, 3.05) is 11.9 Å². The predicted octanol–water partition coefficient (Wildman–Crippen LogP) is 5.68. The maximum atomic E-state index is 12.2. The van der Waals surface area contributed by atoms with Crippen molar-refractivity contribution < 1.29 is 19.1 Å². The zero-order chi connectivity index (χ0) is 25.4. The largest absolute Gasteiger partial charge is 0.490 e. The highest BCUT2D eigenvalue weighted by atomic mass is 35.5. The predicted molar refractivity (Wildman–Crippen MR) is 139 cm³/mol. The Labute approximate surface area is 214 Å². The Bertz CT molecular complexity index is 1220. The zero-order valence-corrected chi connectivity index (χ0v) is 21.0. The molecule has 7 nitrogen and oxygen atoms in total. The number of aryl methyl sites for hydroxylation is 2. The van der Waals surface area contributed by atoms with Crippen LogP contribution in [0.4, 0.5) is 5.69 Å². The van der Waals surface area contributed by atoms with E-state index in [2.05, 4.69) is 15.8 Å². The van der Waals surface area contributed by atoms with Crippen molar-refractivity contribution in [3.63, 3.8) is 0 Å². The fraction of sp³-hybridized carbons (Fsp3) is 0.192. The van der Waals surface area contributed by atoms with Crippen LogP contribution in [0.1, 0.15) is 29.2 Å². The smallest absolute Gasteiger partial charge is 0.329 e. The Kier molecular flexibility index (Phi) is 9.11. The maximum absolute atomic E-state index is 12.2. The van der Waals surface area contributed by atoms with Gasteiger partial charge in [-0.2, -0.15) is 5.10 Å². The summed E-state index contributed by atoms with van der Waals surface area (Å²) in [4.78, 5) is 24.4. The molecule has 3 rings (SSSR count). The highest BCUT2D eigenvalue weighted by molar-refractivity contribution is 6.39. The van der Waals surface area contributed by atoms with Crippen molar-refractivity contribution in [2.24, 2.45) is 5.10 Å². The number of hydrogen-bond acceptors (Lipinski definition) is 5. The highest BCUT2D eigenvalue weighted by Crippen LogP contribution is 2.37. The van der Waals surface area contributed by atoms with Gasteiger partial charge in [0.1, 0.15) is 6.61 Å². The first-order chi connectivity index (χ1) is 16.8. The number of carbonyl (C=O) groups is 2. The van der Waals surface area contributed by atoms with Gasteiger partial charge in [0, 0.05) is 10.7 Å². The number of carbonyl (C=O) groups excluding carboxylic acids is 2. The lowest BCUT2D eigenvalue weighted by Crippen LogP contribution is -2.32. The third-order valence-corrected chi connectivity index (χ3v) is 5.47. The van der Waals surface area contributed by atoms with Crippen molar-refractivity contribution in [1.82, 2.24) is 5.43 Å². The molecule has 0 aromatic heterocycles. The first kappa shape index (κ1) is 26.1. The van der Waals surface area contributed by atoms with E-state index < -0.39 is 11.8 Å². The molecule has 35 heavy (non-hydrogen) atoms. The van der Waals surface area contributed by atoms with Gasteiger partial charge >= 0.3 is 11.8 Å². The molecule has 0 spiro atoms. The van der Waals surface area contributed by atoms with Gasteiger partial charge in [0.25, 0.3) is 0 Å². The van der Waals surface area contributed by atoms with Crippen LogP contribution < -0.4 is 20.2 Å². The number of benzene rings is 3. The van der Waals surface area contributed by atoms with Gasteiger partial charge < -0.3 is 14.8 Å². The second-order valence-electron chi connectivity index (χ2n) is 7.60. The van der Waals surface area contributed by atoms with Crippen molar-refractivity contribution in [3.05, 3.63) is 86.9 Å². The molecule has 182 valence electrons. The lowest BCUT2D eigenvalue weighted by atomic mass is 10.1. The zero-order valence-electron chi connectivity index (χ0n) is 19.5. The molecule has 2 amide bonds. The summed E-state index contributed by atoms with van der Waals surface area (Å²) in [6.07, 6.45) is 1.36. The molecular formula is C26H25Cl2N3O4. The minimum Gasteiger partial charge on any atom is -0.490 e. The quantitative estimate of drug-likeness (QED) is 0.230. The number of hydrazone groups is 1. The van der Waals surface area contributed by atoms with Crippen LogP contribution in [0.5, 0.6) is 11.5 Å². The van der Waals surface area contributed by atoms with Crippen molar-refractivity contribution in [2.45, 2.75) is 27.4 Å². The number of nitrogens with zero attached hydrogens (tertiary/aromatic N) is 1. The van der Waals surface area contributed by atoms with Gasteiger partial charge in [0.2, 0.25) is 0 Å². The van der Waals surface area contributed by atoms with E-state index in [0.29, 0.717) is 39.4 Å². The Morgan fingerprint density at radius 3 is 2.31 bits per heavy atom. The monoisotopic (exact) mass is 513 g/mol. The summed E-state index contributed by atoms with van der Waals surface area (Å²) in [6, 6.07) is 16.1. The first-order valence-electron chi connectivity index (χ1n) is 10.8. The Morgan fingerprint density at radius 1 is 0.971 bits per heavy atom. The number of ether oxygens (including phenoxy) is 2. The molecule has 0 radical (unpaired) electrons. The minimum atomic E-state index is -0.900. The van der Waals surface area contributed by atoms with Crippen LogP contribution in [0.2, 0.25) is 10.0 Å². The van der Waals surface area contributed by atoms with Crippen molar-refractivity contribution >= 4 is 46.9 Å². The topological polar surface area (TPSA) is 89.0 Å². The molecule has 0 saturated carbocycles. The molecule has 0 heterocycles. The average molecular weight is 514 g/mol. The minimum absolute atomic E-state index is 0.274. The van der Waals surface area contributed by atoms with E-state index in [4.69, 9.17) is 32.7 Å². The van der Waals surface area contributed by atoms with E-state index in [1.54, 1.807) is 24.3 Å². The van der Waals surface area contributed by atoms with Crippen LogP contribution >= 0.6 is 23.2 Å². The molecule has 0 aliphatic rings. The van der Waals surface area contributed by atoms with Gasteiger partial charge in [0.05, 0.1) is 17.8 Å². The Hall–Kier alpha value is -3.55. The van der Waals surface area contributed by atoms with Crippen molar-refractivity contribution in [1.29, 1.82) is 0 Å². The summed E-state index contributed by atoms with van der Waals surface area (Å²) < 4.78 is 11.6. The third-order valence-electron chi connectivity index (χ3n) is 4.93. The SMILES string of the molecule is CCOc1cc(/C=N\NC(=O)C(=O)Nc2c(C)cccc2C)cc(Cl)c1OCc1ccc(Cl)cc1. The number of rotatable bonds is 8. The first-order valence-corrected chi connectivity index (χ1v) is 11.6. The van der Waals surface area contributed by atoms with Gasteiger partial charge in [-0.1, -0.05) is 53.5 Å². The van der Waals surface area contributed by atoms with Gasteiger partial charge in [-0.25, -0.2) is 5.43 Å². The number of halogens is 2. The second-order valence-corrected chi connectivity index (χ2v) is 8.44. The van der Waals surface area contributed by atoms with E-state index in [1.807, 2.05) is 51.1 Å². The molecule has 3 aromatic carbocycles. The standard InChI is InChI=1S/C26H25Cl2N3O4/c1-4-34-22-13-19(12-21(28)24(22)35-15-18-8-10-20(27)11-9-18)14-29-31-26(33)25(32)30-23-16(2)6-5-7-17(23)3/h5-14H,4,15H2,1-3H3,(H,30,32)(H,31,33)/b29-14-. The van der Waals surface area contributed by atoms with Crippen LogP contribution in [0, 0.1) is 13.8 Å². The lowest BCUT2D eigenvalue weighted by Gasteiger charge is -2.14. The van der Waals surface area contributed by atoms with Gasteiger partial charge in [-0.3, -0.25) is 9.59 Å². The van der Waals surface area contributed by atoms with Crippen LogP contribution in [0.25, 0.3) is 0 Å². The fourth-order valence-electron chi connectivity index (χ4n) is 3.20. The molecule has 0 unspecified atom stereocenters. The fourth-order valence-corrected chi connectivity index (χ4v) is 3.60. The molecule has 0 aliphatic carbocycles. The molecular weight excluding hydrogens is 489 g/mol. The summed E-state index contributed by atoms with van der Waals surface area (Å²) in [7, 11) is 0. The molecule has 9 heteroatoms. The molecule has 0 atom stereocenters. The highest BCUT2D eigenvalue weighted by Gasteiger charge is 2.16. The Balaban J connectivity index is 1.66. The number of anilines is 1. The van der Waals surface area contributed by atoms with E-state index in [-0.39, 0.29) is 6.61 Å². The normalized spacial score (nSPS) is 10.8.